The molecule has 28 heavy (non-hydrogen) atoms. The smallest absolute Gasteiger partial charge is 0.433 e. The van der Waals surface area contributed by atoms with Crippen LogP contribution in [0.15, 0.2) is 23.1 Å². The van der Waals surface area contributed by atoms with Crippen molar-refractivity contribution in [1.29, 1.82) is 0 Å². The summed E-state index contributed by atoms with van der Waals surface area (Å²) in [6.45, 7) is 3.08. The first-order valence-corrected chi connectivity index (χ1v) is 8.31. The monoisotopic (exact) mass is 422 g/mol. The normalized spacial score (nSPS) is 12.6. The van der Waals surface area contributed by atoms with Gasteiger partial charge in [-0.15, -0.1) is 0 Å². The van der Waals surface area contributed by atoms with Crippen molar-refractivity contribution in [2.45, 2.75) is 26.1 Å². The van der Waals surface area contributed by atoms with Crippen molar-refractivity contribution in [1.82, 2.24) is 9.55 Å². The van der Waals surface area contributed by atoms with E-state index in [-0.39, 0.29) is 17.4 Å². The van der Waals surface area contributed by atoms with Crippen LogP contribution in [0.2, 0.25) is 5.02 Å². The predicted octanol–water partition coefficient (Wildman–Crippen LogP) is 3.59. The van der Waals surface area contributed by atoms with E-state index < -0.39 is 46.6 Å². The van der Waals surface area contributed by atoms with Gasteiger partial charge in [0.1, 0.15) is 23.0 Å². The summed E-state index contributed by atoms with van der Waals surface area (Å²) < 4.78 is 63.4. The molecule has 11 heteroatoms. The van der Waals surface area contributed by atoms with Gasteiger partial charge in [0.25, 0.3) is 5.56 Å². The van der Waals surface area contributed by atoms with Crippen LogP contribution in [0.25, 0.3) is 11.3 Å². The first kappa shape index (κ1) is 21.7. The number of carbonyl (C=O) groups is 1. The number of halogens is 5. The first-order valence-electron chi connectivity index (χ1n) is 7.93. The molecule has 0 aliphatic rings. The summed E-state index contributed by atoms with van der Waals surface area (Å²) in [4.78, 5) is 27.4. The minimum Gasteiger partial charge on any atom is -0.477 e. The van der Waals surface area contributed by atoms with Gasteiger partial charge in [0.05, 0.1) is 17.8 Å². The van der Waals surface area contributed by atoms with Crippen LogP contribution in [0.5, 0.6) is 5.75 Å². The number of carbonyl (C=O) groups excluding carboxylic acids is 1. The van der Waals surface area contributed by atoms with E-state index in [1.807, 2.05) is 0 Å². The van der Waals surface area contributed by atoms with Gasteiger partial charge in [-0.05, 0) is 26.0 Å². The van der Waals surface area contributed by atoms with Crippen molar-refractivity contribution in [2.24, 2.45) is 7.05 Å². The Bertz CT molecular complexity index is 959. The number of benzene rings is 1. The second-order valence-electron chi connectivity index (χ2n) is 5.63. The molecule has 1 heterocycles. The molecule has 1 aromatic heterocycles. The van der Waals surface area contributed by atoms with Gasteiger partial charge in [0.2, 0.25) is 0 Å². The third kappa shape index (κ3) is 4.44. The van der Waals surface area contributed by atoms with Gasteiger partial charge in [-0.25, -0.2) is 14.2 Å². The fourth-order valence-electron chi connectivity index (χ4n) is 2.28. The van der Waals surface area contributed by atoms with Gasteiger partial charge in [-0.3, -0.25) is 4.79 Å². The number of aromatic nitrogens is 2. The largest absolute Gasteiger partial charge is 0.477 e. The molecule has 0 fully saturated rings. The molecular weight excluding hydrogens is 408 g/mol. The molecule has 0 bridgehead atoms. The standard InChI is InChI=1S/C17H15ClF4N2O4/c1-4-27-16(26)8(2)28-12-5-9(11(19)6-10(12)18)14-15(25)24(3)13(7-23-14)17(20,21)22/h5-8H,4H2,1-3H3. The summed E-state index contributed by atoms with van der Waals surface area (Å²) in [6, 6.07) is 1.80. The second-order valence-corrected chi connectivity index (χ2v) is 6.04. The zero-order valence-corrected chi connectivity index (χ0v) is 15.7. The van der Waals surface area contributed by atoms with E-state index in [4.69, 9.17) is 21.1 Å². The molecule has 0 radical (unpaired) electrons. The van der Waals surface area contributed by atoms with E-state index in [0.717, 1.165) is 19.2 Å². The zero-order chi connectivity index (χ0) is 21.2. The molecular formula is C17H15ClF4N2O4. The molecule has 152 valence electrons. The van der Waals surface area contributed by atoms with Gasteiger partial charge in [0.15, 0.2) is 6.10 Å². The Morgan fingerprint density at radius 2 is 2.00 bits per heavy atom. The summed E-state index contributed by atoms with van der Waals surface area (Å²) in [6.07, 6.45) is -5.48. The Labute approximate surface area is 161 Å². The lowest BCUT2D eigenvalue weighted by Crippen LogP contribution is -2.28. The molecule has 0 N–H and O–H groups in total. The van der Waals surface area contributed by atoms with Crippen LogP contribution >= 0.6 is 11.6 Å². The predicted molar refractivity (Wildman–Crippen MR) is 91.6 cm³/mol. The van der Waals surface area contributed by atoms with Crippen LogP contribution in [0.1, 0.15) is 19.5 Å². The van der Waals surface area contributed by atoms with E-state index in [1.54, 1.807) is 6.92 Å². The van der Waals surface area contributed by atoms with E-state index in [2.05, 4.69) is 4.98 Å². The molecule has 1 atom stereocenters. The topological polar surface area (TPSA) is 70.4 Å². The highest BCUT2D eigenvalue weighted by molar-refractivity contribution is 6.32. The molecule has 0 saturated carbocycles. The average molecular weight is 423 g/mol. The minimum absolute atomic E-state index is 0.112. The van der Waals surface area contributed by atoms with Gasteiger partial charge in [-0.1, -0.05) is 11.6 Å². The van der Waals surface area contributed by atoms with Crippen LogP contribution in [0, 0.1) is 5.82 Å². The third-order valence-corrected chi connectivity index (χ3v) is 3.97. The van der Waals surface area contributed by atoms with Crippen molar-refractivity contribution in [3.8, 4) is 17.0 Å². The Morgan fingerprint density at radius 1 is 1.36 bits per heavy atom. The van der Waals surface area contributed by atoms with E-state index >= 15 is 0 Å². The van der Waals surface area contributed by atoms with Crippen LogP contribution < -0.4 is 10.3 Å². The van der Waals surface area contributed by atoms with Crippen LogP contribution in [-0.4, -0.2) is 28.2 Å². The van der Waals surface area contributed by atoms with Crippen LogP contribution in [-0.2, 0) is 22.8 Å². The maximum Gasteiger partial charge on any atom is 0.433 e. The van der Waals surface area contributed by atoms with Crippen LogP contribution in [0.4, 0.5) is 17.6 Å². The first-order chi connectivity index (χ1) is 13.0. The molecule has 2 rings (SSSR count). The van der Waals surface area contributed by atoms with E-state index in [9.17, 15) is 27.2 Å². The van der Waals surface area contributed by atoms with E-state index in [0.29, 0.717) is 10.8 Å². The van der Waals surface area contributed by atoms with Gasteiger partial charge in [0, 0.05) is 12.6 Å². The SMILES string of the molecule is CCOC(=O)C(C)Oc1cc(-c2ncc(C(F)(F)F)n(C)c2=O)c(F)cc1Cl. The Morgan fingerprint density at radius 3 is 2.57 bits per heavy atom. The molecule has 1 aromatic carbocycles. The maximum atomic E-state index is 14.3. The van der Waals surface area contributed by atoms with Gasteiger partial charge < -0.3 is 14.0 Å². The van der Waals surface area contributed by atoms with Crippen LogP contribution in [0.3, 0.4) is 0 Å². The lowest BCUT2D eigenvalue weighted by atomic mass is 10.1. The van der Waals surface area contributed by atoms with Crippen molar-refractivity contribution >= 4 is 17.6 Å². The highest BCUT2D eigenvalue weighted by atomic mass is 35.5. The number of ether oxygens (including phenoxy) is 2. The quantitative estimate of drug-likeness (QED) is 0.544. The zero-order valence-electron chi connectivity index (χ0n) is 14.9. The number of hydrogen-bond acceptors (Lipinski definition) is 5. The van der Waals surface area contributed by atoms with Crippen molar-refractivity contribution in [3.63, 3.8) is 0 Å². The summed E-state index contributed by atoms with van der Waals surface area (Å²) in [5.41, 5.74) is -3.45. The van der Waals surface area contributed by atoms with Crippen molar-refractivity contribution < 1.29 is 31.8 Å². The number of hydrogen-bond donors (Lipinski definition) is 0. The average Bonchev–Trinajstić information content (AvgIpc) is 2.59. The lowest BCUT2D eigenvalue weighted by Gasteiger charge is -2.16. The Hall–Kier alpha value is -2.62. The molecule has 0 amide bonds. The Kier molecular flexibility index (Phi) is 6.33. The van der Waals surface area contributed by atoms with E-state index in [1.165, 1.54) is 6.92 Å². The maximum absolute atomic E-state index is 14.3. The number of rotatable bonds is 5. The highest BCUT2D eigenvalue weighted by Crippen LogP contribution is 2.33. The number of alkyl halides is 3. The Balaban J connectivity index is 2.52. The number of nitrogens with zero attached hydrogens (tertiary/aromatic N) is 2. The molecule has 2 aromatic rings. The van der Waals surface area contributed by atoms with Crippen molar-refractivity contribution in [2.75, 3.05) is 6.61 Å². The van der Waals surface area contributed by atoms with Crippen molar-refractivity contribution in [3.05, 3.63) is 45.2 Å². The second kappa shape index (κ2) is 8.17. The lowest BCUT2D eigenvalue weighted by molar-refractivity contribution is -0.150. The summed E-state index contributed by atoms with van der Waals surface area (Å²) in [5, 5.41) is -0.207. The molecule has 0 aliphatic heterocycles. The number of esters is 1. The fraction of sp³-hybridized carbons (Fsp3) is 0.353. The molecule has 6 nitrogen and oxygen atoms in total. The minimum atomic E-state index is -4.80. The highest BCUT2D eigenvalue weighted by Gasteiger charge is 2.35. The molecule has 0 spiro atoms. The molecule has 1 unspecified atom stereocenters. The van der Waals surface area contributed by atoms with Gasteiger partial charge >= 0.3 is 12.1 Å². The molecule has 0 aliphatic carbocycles. The molecule has 0 saturated heterocycles. The van der Waals surface area contributed by atoms with Gasteiger partial charge in [-0.2, -0.15) is 13.2 Å². The fourth-order valence-corrected chi connectivity index (χ4v) is 2.48. The third-order valence-electron chi connectivity index (χ3n) is 3.67. The summed E-state index contributed by atoms with van der Waals surface area (Å²) in [5.74, 6) is -1.86. The summed E-state index contributed by atoms with van der Waals surface area (Å²) >= 11 is 5.90. The summed E-state index contributed by atoms with van der Waals surface area (Å²) in [7, 11) is 0.893.